The standard InChI is InChI=1S/C16H23N3O4S/c1-17(2)24(21,22)19-8-6-18(7-9-19)16(20)12-13-3-4-14-5-10-23-15(14)11-13/h3-4,11H,5-10,12H2,1-2H3. The van der Waals surface area contributed by atoms with Gasteiger partial charge < -0.3 is 9.64 Å². The Balaban J connectivity index is 1.58. The maximum atomic E-state index is 12.5. The van der Waals surface area contributed by atoms with Crippen LogP contribution in [0, 0.1) is 0 Å². The molecule has 1 aromatic carbocycles. The van der Waals surface area contributed by atoms with E-state index in [2.05, 4.69) is 0 Å². The third-order valence-electron chi connectivity index (χ3n) is 4.49. The van der Waals surface area contributed by atoms with Crippen molar-refractivity contribution < 1.29 is 17.9 Å². The van der Waals surface area contributed by atoms with Gasteiger partial charge in [0.15, 0.2) is 0 Å². The summed E-state index contributed by atoms with van der Waals surface area (Å²) < 4.78 is 32.3. The number of hydrogen-bond donors (Lipinski definition) is 0. The SMILES string of the molecule is CN(C)S(=O)(=O)N1CCN(C(=O)Cc2ccc3c(c2)OCC3)CC1. The van der Waals surface area contributed by atoms with Crippen molar-refractivity contribution in [2.75, 3.05) is 46.9 Å². The van der Waals surface area contributed by atoms with Crippen LogP contribution in [0.15, 0.2) is 18.2 Å². The quantitative estimate of drug-likeness (QED) is 0.771. The summed E-state index contributed by atoms with van der Waals surface area (Å²) in [7, 11) is -0.369. The summed E-state index contributed by atoms with van der Waals surface area (Å²) in [5.74, 6) is 0.900. The molecule has 132 valence electrons. The number of carbonyl (C=O) groups is 1. The predicted molar refractivity (Wildman–Crippen MR) is 90.1 cm³/mol. The van der Waals surface area contributed by atoms with Crippen LogP contribution in [0.1, 0.15) is 11.1 Å². The fourth-order valence-corrected chi connectivity index (χ4v) is 4.09. The van der Waals surface area contributed by atoms with Crippen LogP contribution >= 0.6 is 0 Å². The molecular formula is C16H23N3O4S. The van der Waals surface area contributed by atoms with E-state index in [1.807, 2.05) is 18.2 Å². The molecule has 0 N–H and O–H groups in total. The Kier molecular flexibility index (Phi) is 4.80. The maximum absolute atomic E-state index is 12.5. The van der Waals surface area contributed by atoms with E-state index in [1.54, 1.807) is 4.90 Å². The molecule has 1 aromatic rings. The molecule has 24 heavy (non-hydrogen) atoms. The van der Waals surface area contributed by atoms with Gasteiger partial charge in [-0.1, -0.05) is 12.1 Å². The molecule has 1 fully saturated rings. The topological polar surface area (TPSA) is 70.2 Å². The van der Waals surface area contributed by atoms with E-state index in [0.29, 0.717) is 39.2 Å². The second-order valence-corrected chi connectivity index (χ2v) is 8.43. The summed E-state index contributed by atoms with van der Waals surface area (Å²) in [6.45, 7) is 2.22. The van der Waals surface area contributed by atoms with E-state index in [0.717, 1.165) is 17.7 Å². The highest BCUT2D eigenvalue weighted by Gasteiger charge is 2.30. The summed E-state index contributed by atoms with van der Waals surface area (Å²) in [6.07, 6.45) is 1.24. The largest absolute Gasteiger partial charge is 0.493 e. The lowest BCUT2D eigenvalue weighted by atomic mass is 10.1. The fraction of sp³-hybridized carbons (Fsp3) is 0.562. The number of hydrogen-bond acceptors (Lipinski definition) is 4. The highest BCUT2D eigenvalue weighted by Crippen LogP contribution is 2.26. The molecule has 2 aliphatic rings. The number of rotatable bonds is 4. The van der Waals surface area contributed by atoms with E-state index in [1.165, 1.54) is 28.3 Å². The predicted octanol–water partition coefficient (Wildman–Crippen LogP) is 0.115. The minimum atomic E-state index is -3.40. The van der Waals surface area contributed by atoms with Crippen LogP contribution in [0.3, 0.4) is 0 Å². The van der Waals surface area contributed by atoms with Crippen LogP contribution in [0.2, 0.25) is 0 Å². The first-order valence-corrected chi connectivity index (χ1v) is 9.47. The second kappa shape index (κ2) is 6.70. The van der Waals surface area contributed by atoms with Gasteiger partial charge in [0.1, 0.15) is 5.75 Å². The molecule has 0 aliphatic carbocycles. The molecule has 0 aromatic heterocycles. The molecule has 0 radical (unpaired) electrons. The molecule has 1 saturated heterocycles. The van der Waals surface area contributed by atoms with Crippen LogP contribution in [0.4, 0.5) is 0 Å². The van der Waals surface area contributed by atoms with Gasteiger partial charge in [-0.3, -0.25) is 4.79 Å². The molecule has 0 saturated carbocycles. The number of amides is 1. The van der Waals surface area contributed by atoms with Gasteiger partial charge in [0, 0.05) is 46.7 Å². The van der Waals surface area contributed by atoms with Crippen molar-refractivity contribution >= 4 is 16.1 Å². The van der Waals surface area contributed by atoms with Gasteiger partial charge in [-0.05, 0) is 17.2 Å². The molecule has 0 unspecified atom stereocenters. The zero-order chi connectivity index (χ0) is 17.3. The minimum absolute atomic E-state index is 0.0230. The number of piperazine rings is 1. The summed E-state index contributed by atoms with van der Waals surface area (Å²) in [5, 5.41) is 0. The highest BCUT2D eigenvalue weighted by atomic mass is 32.2. The smallest absolute Gasteiger partial charge is 0.281 e. The second-order valence-electron chi connectivity index (χ2n) is 6.29. The Morgan fingerprint density at radius 2 is 1.92 bits per heavy atom. The van der Waals surface area contributed by atoms with E-state index in [-0.39, 0.29) is 5.91 Å². The van der Waals surface area contributed by atoms with Crippen molar-refractivity contribution in [3.05, 3.63) is 29.3 Å². The monoisotopic (exact) mass is 353 g/mol. The zero-order valence-corrected chi connectivity index (χ0v) is 14.9. The van der Waals surface area contributed by atoms with E-state index in [4.69, 9.17) is 4.74 Å². The van der Waals surface area contributed by atoms with Gasteiger partial charge in [-0.2, -0.15) is 17.0 Å². The first-order valence-electron chi connectivity index (χ1n) is 8.08. The van der Waals surface area contributed by atoms with E-state index >= 15 is 0 Å². The molecular weight excluding hydrogens is 330 g/mol. The third-order valence-corrected chi connectivity index (χ3v) is 6.44. The van der Waals surface area contributed by atoms with Gasteiger partial charge >= 0.3 is 0 Å². The van der Waals surface area contributed by atoms with Crippen molar-refractivity contribution in [2.45, 2.75) is 12.8 Å². The lowest BCUT2D eigenvalue weighted by molar-refractivity contribution is -0.131. The summed E-state index contributed by atoms with van der Waals surface area (Å²) in [6, 6.07) is 5.93. The van der Waals surface area contributed by atoms with Gasteiger partial charge in [-0.25, -0.2) is 0 Å². The Morgan fingerprint density at radius 1 is 1.21 bits per heavy atom. The lowest BCUT2D eigenvalue weighted by Gasteiger charge is -2.35. The first kappa shape index (κ1) is 17.2. The molecule has 0 spiro atoms. The molecule has 2 aliphatic heterocycles. The number of fused-ring (bicyclic) bond motifs is 1. The van der Waals surface area contributed by atoms with Crippen LogP contribution < -0.4 is 4.74 Å². The number of nitrogens with zero attached hydrogens (tertiary/aromatic N) is 3. The average Bonchev–Trinajstić information content (AvgIpc) is 3.02. The van der Waals surface area contributed by atoms with Crippen LogP contribution in [-0.4, -0.2) is 74.7 Å². The number of benzene rings is 1. The highest BCUT2D eigenvalue weighted by molar-refractivity contribution is 7.86. The van der Waals surface area contributed by atoms with Gasteiger partial charge in [0.2, 0.25) is 5.91 Å². The van der Waals surface area contributed by atoms with E-state index < -0.39 is 10.2 Å². The molecule has 8 heteroatoms. The van der Waals surface area contributed by atoms with Crippen LogP contribution in [0.25, 0.3) is 0 Å². The van der Waals surface area contributed by atoms with Crippen molar-refractivity contribution in [3.8, 4) is 5.75 Å². The molecule has 7 nitrogen and oxygen atoms in total. The normalized spacial score (nSPS) is 18.5. The van der Waals surface area contributed by atoms with Gasteiger partial charge in [-0.15, -0.1) is 0 Å². The third kappa shape index (κ3) is 3.40. The summed E-state index contributed by atoms with van der Waals surface area (Å²) in [4.78, 5) is 14.2. The van der Waals surface area contributed by atoms with Crippen molar-refractivity contribution in [2.24, 2.45) is 0 Å². The first-order chi connectivity index (χ1) is 11.4. The number of ether oxygens (including phenoxy) is 1. The summed E-state index contributed by atoms with van der Waals surface area (Å²) >= 11 is 0. The van der Waals surface area contributed by atoms with Crippen molar-refractivity contribution in [1.82, 2.24) is 13.5 Å². The maximum Gasteiger partial charge on any atom is 0.281 e. The minimum Gasteiger partial charge on any atom is -0.493 e. The Morgan fingerprint density at radius 3 is 2.58 bits per heavy atom. The molecule has 0 atom stereocenters. The molecule has 0 bridgehead atoms. The Labute approximate surface area is 143 Å². The Hall–Kier alpha value is -1.64. The molecule has 3 rings (SSSR count). The fourth-order valence-electron chi connectivity index (χ4n) is 3.01. The lowest BCUT2D eigenvalue weighted by Crippen LogP contribution is -2.53. The van der Waals surface area contributed by atoms with Crippen LogP contribution in [-0.2, 0) is 27.8 Å². The van der Waals surface area contributed by atoms with Crippen molar-refractivity contribution in [1.29, 1.82) is 0 Å². The molecule has 2 heterocycles. The average molecular weight is 353 g/mol. The van der Waals surface area contributed by atoms with Gasteiger partial charge in [0.05, 0.1) is 13.0 Å². The van der Waals surface area contributed by atoms with Crippen LogP contribution in [0.5, 0.6) is 5.75 Å². The summed E-state index contributed by atoms with van der Waals surface area (Å²) in [5.41, 5.74) is 2.12. The zero-order valence-electron chi connectivity index (χ0n) is 14.1. The van der Waals surface area contributed by atoms with Gasteiger partial charge in [0.25, 0.3) is 10.2 Å². The molecule has 1 amide bonds. The van der Waals surface area contributed by atoms with E-state index in [9.17, 15) is 13.2 Å². The number of carbonyl (C=O) groups excluding carboxylic acids is 1. The van der Waals surface area contributed by atoms with Crippen molar-refractivity contribution in [3.63, 3.8) is 0 Å². The Bertz CT molecular complexity index is 725.